The SMILES string of the molecule is CCOc1ccccc1NCC1CC(F)(F)C(=O)O1. The minimum absolute atomic E-state index is 0.130. The van der Waals surface area contributed by atoms with Gasteiger partial charge in [0.1, 0.15) is 11.9 Å². The van der Waals surface area contributed by atoms with E-state index in [4.69, 9.17) is 4.74 Å². The van der Waals surface area contributed by atoms with Crippen molar-refractivity contribution in [2.24, 2.45) is 0 Å². The second-order valence-electron chi connectivity index (χ2n) is 4.25. The summed E-state index contributed by atoms with van der Waals surface area (Å²) in [6.45, 7) is 2.50. The summed E-state index contributed by atoms with van der Waals surface area (Å²) < 4.78 is 36.0. The Morgan fingerprint density at radius 2 is 2.21 bits per heavy atom. The largest absolute Gasteiger partial charge is 0.492 e. The Kier molecular flexibility index (Phi) is 3.87. The van der Waals surface area contributed by atoms with Gasteiger partial charge in [0.05, 0.1) is 25.3 Å². The third kappa shape index (κ3) is 3.13. The zero-order valence-corrected chi connectivity index (χ0v) is 10.5. The molecule has 0 aromatic heterocycles. The zero-order valence-electron chi connectivity index (χ0n) is 10.5. The van der Waals surface area contributed by atoms with Crippen LogP contribution in [0.4, 0.5) is 14.5 Å². The molecule has 0 aliphatic carbocycles. The number of benzene rings is 1. The van der Waals surface area contributed by atoms with Gasteiger partial charge in [0.15, 0.2) is 0 Å². The minimum Gasteiger partial charge on any atom is -0.492 e. The number of hydrogen-bond acceptors (Lipinski definition) is 4. The lowest BCUT2D eigenvalue weighted by Crippen LogP contribution is -2.22. The standard InChI is InChI=1S/C13H15F2NO3/c1-2-18-11-6-4-3-5-10(11)16-8-9-7-13(14,15)12(17)19-9/h3-6,9,16H,2,7-8H2,1H3. The Morgan fingerprint density at radius 1 is 1.47 bits per heavy atom. The topological polar surface area (TPSA) is 47.6 Å². The van der Waals surface area contributed by atoms with Crippen LogP contribution in [0.25, 0.3) is 0 Å². The maximum atomic E-state index is 13.0. The molecule has 6 heteroatoms. The summed E-state index contributed by atoms with van der Waals surface area (Å²) in [5, 5.41) is 2.96. The van der Waals surface area contributed by atoms with Crippen molar-refractivity contribution < 1.29 is 23.0 Å². The highest BCUT2D eigenvalue weighted by atomic mass is 19.3. The second-order valence-corrected chi connectivity index (χ2v) is 4.25. The first-order valence-electron chi connectivity index (χ1n) is 6.07. The summed E-state index contributed by atoms with van der Waals surface area (Å²) in [4.78, 5) is 10.9. The molecule has 0 saturated carbocycles. The van der Waals surface area contributed by atoms with Gasteiger partial charge in [-0.25, -0.2) is 4.79 Å². The number of ether oxygens (including phenoxy) is 2. The van der Waals surface area contributed by atoms with Crippen molar-refractivity contribution in [3.63, 3.8) is 0 Å². The number of alkyl halides is 2. The fraction of sp³-hybridized carbons (Fsp3) is 0.462. The molecule has 4 nitrogen and oxygen atoms in total. The van der Waals surface area contributed by atoms with E-state index in [1.807, 2.05) is 13.0 Å². The first-order chi connectivity index (χ1) is 9.03. The van der Waals surface area contributed by atoms with E-state index in [0.29, 0.717) is 18.0 Å². The Morgan fingerprint density at radius 3 is 2.84 bits per heavy atom. The molecule has 19 heavy (non-hydrogen) atoms. The lowest BCUT2D eigenvalue weighted by molar-refractivity contribution is -0.158. The van der Waals surface area contributed by atoms with E-state index in [0.717, 1.165) is 0 Å². The predicted molar refractivity (Wildman–Crippen MR) is 65.5 cm³/mol. The Labute approximate surface area is 109 Å². The lowest BCUT2D eigenvalue weighted by atomic mass is 10.2. The van der Waals surface area contributed by atoms with Crippen molar-refractivity contribution in [3.05, 3.63) is 24.3 Å². The van der Waals surface area contributed by atoms with Gasteiger partial charge in [-0.3, -0.25) is 0 Å². The Bertz CT molecular complexity index is 465. The molecular formula is C13H15F2NO3. The fourth-order valence-corrected chi connectivity index (χ4v) is 1.88. The number of halogens is 2. The van der Waals surface area contributed by atoms with Crippen LogP contribution in [0.3, 0.4) is 0 Å². The second kappa shape index (κ2) is 5.42. The van der Waals surface area contributed by atoms with Gasteiger partial charge in [0.25, 0.3) is 0 Å². The molecule has 1 atom stereocenters. The molecule has 0 spiro atoms. The van der Waals surface area contributed by atoms with Crippen LogP contribution in [0.1, 0.15) is 13.3 Å². The molecule has 0 amide bonds. The molecule has 1 aromatic rings. The summed E-state index contributed by atoms with van der Waals surface area (Å²) in [6.07, 6.45) is -1.41. The lowest BCUT2D eigenvalue weighted by Gasteiger charge is -2.14. The van der Waals surface area contributed by atoms with Crippen molar-refractivity contribution >= 4 is 11.7 Å². The number of esters is 1. The molecule has 1 aromatic carbocycles. The van der Waals surface area contributed by atoms with Gasteiger partial charge in [-0.1, -0.05) is 12.1 Å². The monoisotopic (exact) mass is 271 g/mol. The highest BCUT2D eigenvalue weighted by Crippen LogP contribution is 2.31. The van der Waals surface area contributed by atoms with Crippen LogP contribution in [0, 0.1) is 0 Å². The Hall–Kier alpha value is -1.85. The van der Waals surface area contributed by atoms with E-state index in [1.165, 1.54) is 0 Å². The summed E-state index contributed by atoms with van der Waals surface area (Å²) in [5.74, 6) is -4.18. The van der Waals surface area contributed by atoms with Crippen LogP contribution in [0.5, 0.6) is 5.75 Å². The summed E-state index contributed by atoms with van der Waals surface area (Å²) in [5.41, 5.74) is 0.690. The van der Waals surface area contributed by atoms with Gasteiger partial charge >= 0.3 is 11.9 Å². The summed E-state index contributed by atoms with van der Waals surface area (Å²) in [7, 11) is 0. The van der Waals surface area contributed by atoms with Crippen LogP contribution >= 0.6 is 0 Å². The van der Waals surface area contributed by atoms with Gasteiger partial charge in [-0.15, -0.1) is 0 Å². The number of cyclic esters (lactones) is 1. The van der Waals surface area contributed by atoms with Gasteiger partial charge < -0.3 is 14.8 Å². The molecule has 1 saturated heterocycles. The highest BCUT2D eigenvalue weighted by molar-refractivity contribution is 5.79. The summed E-state index contributed by atoms with van der Waals surface area (Å²) >= 11 is 0. The van der Waals surface area contributed by atoms with E-state index >= 15 is 0 Å². The maximum absolute atomic E-state index is 13.0. The van der Waals surface area contributed by atoms with Crippen LogP contribution in [0.15, 0.2) is 24.3 Å². The van der Waals surface area contributed by atoms with Crippen LogP contribution < -0.4 is 10.1 Å². The first-order valence-corrected chi connectivity index (χ1v) is 6.07. The highest BCUT2D eigenvalue weighted by Gasteiger charge is 2.50. The number of carbonyl (C=O) groups is 1. The van der Waals surface area contributed by atoms with E-state index in [1.54, 1.807) is 18.2 Å². The number of hydrogen-bond donors (Lipinski definition) is 1. The molecule has 1 heterocycles. The van der Waals surface area contributed by atoms with Gasteiger partial charge in [-0.05, 0) is 19.1 Å². The van der Waals surface area contributed by atoms with E-state index in [-0.39, 0.29) is 6.54 Å². The normalized spacial score (nSPS) is 21.0. The third-order valence-corrected chi connectivity index (χ3v) is 2.76. The molecule has 1 fully saturated rings. The minimum atomic E-state index is -3.37. The molecule has 0 bridgehead atoms. The average Bonchev–Trinajstić information content (AvgIpc) is 2.62. The summed E-state index contributed by atoms with van der Waals surface area (Å²) in [6, 6.07) is 7.18. The molecule has 0 radical (unpaired) electrons. The maximum Gasteiger partial charge on any atom is 0.377 e. The number of anilines is 1. The molecule has 1 aliphatic rings. The van der Waals surface area contributed by atoms with E-state index < -0.39 is 24.4 Å². The number of para-hydroxylation sites is 2. The van der Waals surface area contributed by atoms with Crippen LogP contribution in [-0.4, -0.2) is 31.1 Å². The third-order valence-electron chi connectivity index (χ3n) is 2.76. The van der Waals surface area contributed by atoms with Crippen molar-refractivity contribution in [3.8, 4) is 5.75 Å². The quantitative estimate of drug-likeness (QED) is 0.836. The van der Waals surface area contributed by atoms with Crippen LogP contribution in [0.2, 0.25) is 0 Å². The Balaban J connectivity index is 1.95. The number of carbonyl (C=O) groups excluding carboxylic acids is 1. The molecule has 1 aliphatic heterocycles. The zero-order chi connectivity index (χ0) is 13.9. The molecule has 1 unspecified atom stereocenters. The first kappa shape index (κ1) is 13.6. The van der Waals surface area contributed by atoms with Crippen molar-refractivity contribution in [1.82, 2.24) is 0 Å². The van der Waals surface area contributed by atoms with Gasteiger partial charge in [-0.2, -0.15) is 8.78 Å². The molecule has 2 rings (SSSR count). The molecular weight excluding hydrogens is 256 g/mol. The smallest absolute Gasteiger partial charge is 0.377 e. The number of nitrogens with one attached hydrogen (secondary N) is 1. The molecule has 1 N–H and O–H groups in total. The van der Waals surface area contributed by atoms with Crippen molar-refractivity contribution in [2.75, 3.05) is 18.5 Å². The number of rotatable bonds is 5. The predicted octanol–water partition coefficient (Wildman–Crippen LogP) is 2.45. The van der Waals surface area contributed by atoms with E-state index in [9.17, 15) is 13.6 Å². The van der Waals surface area contributed by atoms with Gasteiger partial charge in [0, 0.05) is 0 Å². The van der Waals surface area contributed by atoms with Gasteiger partial charge in [0.2, 0.25) is 0 Å². The molecule has 104 valence electrons. The van der Waals surface area contributed by atoms with E-state index in [2.05, 4.69) is 10.1 Å². The van der Waals surface area contributed by atoms with Crippen LogP contribution in [-0.2, 0) is 9.53 Å². The van der Waals surface area contributed by atoms with Crippen molar-refractivity contribution in [2.45, 2.75) is 25.4 Å². The fourth-order valence-electron chi connectivity index (χ4n) is 1.88. The average molecular weight is 271 g/mol. The van der Waals surface area contributed by atoms with Crippen molar-refractivity contribution in [1.29, 1.82) is 0 Å².